The highest BCUT2D eigenvalue weighted by atomic mass is 35.5. The largest absolute Gasteiger partial charge is 0.493 e. The van der Waals surface area contributed by atoms with Gasteiger partial charge in [-0.25, -0.2) is 0 Å². The maximum absolute atomic E-state index is 9.90. The van der Waals surface area contributed by atoms with Crippen LogP contribution in [-0.2, 0) is 0 Å². The van der Waals surface area contributed by atoms with Crippen molar-refractivity contribution in [2.75, 3.05) is 6.61 Å². The summed E-state index contributed by atoms with van der Waals surface area (Å²) in [6, 6.07) is 5.59. The second-order valence-electron chi connectivity index (χ2n) is 5.18. The van der Waals surface area contributed by atoms with Crippen LogP contribution in [0.25, 0.3) is 0 Å². The van der Waals surface area contributed by atoms with Crippen LogP contribution < -0.4 is 4.74 Å². The van der Waals surface area contributed by atoms with E-state index in [1.54, 1.807) is 6.92 Å². The van der Waals surface area contributed by atoms with Crippen LogP contribution in [0.5, 0.6) is 5.75 Å². The van der Waals surface area contributed by atoms with Crippen LogP contribution in [0.4, 0.5) is 0 Å². The maximum Gasteiger partial charge on any atom is 0.122 e. The van der Waals surface area contributed by atoms with E-state index in [1.165, 1.54) is 0 Å². The first-order valence-corrected chi connectivity index (χ1v) is 7.65. The molecule has 114 valence electrons. The molecule has 1 rings (SSSR count). The fraction of sp³-hybridized carbons (Fsp3) is 0.625. The van der Waals surface area contributed by atoms with Gasteiger partial charge in [0.25, 0.3) is 0 Å². The van der Waals surface area contributed by atoms with E-state index in [1.807, 2.05) is 18.2 Å². The van der Waals surface area contributed by atoms with Gasteiger partial charge in [0.05, 0.1) is 18.8 Å². The molecule has 0 heterocycles. The van der Waals surface area contributed by atoms with Crippen LogP contribution in [0, 0.1) is 0 Å². The minimum Gasteiger partial charge on any atom is -0.493 e. The van der Waals surface area contributed by atoms with Gasteiger partial charge in [0.1, 0.15) is 5.75 Å². The summed E-state index contributed by atoms with van der Waals surface area (Å²) < 4.78 is 5.76. The number of aliphatic hydroxyl groups is 2. The molecule has 1 aromatic rings. The summed E-state index contributed by atoms with van der Waals surface area (Å²) >= 11 is 6.08. The Bertz CT molecular complexity index is 407. The maximum atomic E-state index is 9.90. The number of aliphatic hydroxyl groups excluding tert-OH is 2. The third-order valence-electron chi connectivity index (χ3n) is 3.45. The summed E-state index contributed by atoms with van der Waals surface area (Å²) in [6.45, 7) is 6.38. The zero-order chi connectivity index (χ0) is 15.1. The van der Waals surface area contributed by atoms with Gasteiger partial charge in [-0.05, 0) is 55.9 Å². The van der Waals surface area contributed by atoms with E-state index >= 15 is 0 Å². The lowest BCUT2D eigenvalue weighted by Crippen LogP contribution is -2.25. The van der Waals surface area contributed by atoms with Crippen molar-refractivity contribution in [3.63, 3.8) is 0 Å². The zero-order valence-corrected chi connectivity index (χ0v) is 13.2. The summed E-state index contributed by atoms with van der Waals surface area (Å²) in [6.07, 6.45) is 0.819. The Kier molecular flexibility index (Phi) is 7.35. The van der Waals surface area contributed by atoms with Gasteiger partial charge in [0.2, 0.25) is 0 Å². The molecular formula is C16H25ClO3. The predicted octanol–water partition coefficient (Wildman–Crippen LogP) is 3.75. The molecule has 0 spiro atoms. The Labute approximate surface area is 126 Å². The number of rotatable bonds is 8. The van der Waals surface area contributed by atoms with Crippen LogP contribution in [0.15, 0.2) is 18.2 Å². The van der Waals surface area contributed by atoms with Crippen molar-refractivity contribution in [2.45, 2.75) is 58.2 Å². The quantitative estimate of drug-likeness (QED) is 0.768. The molecule has 2 N–H and O–H groups in total. The van der Waals surface area contributed by atoms with E-state index in [0.29, 0.717) is 18.1 Å². The first kappa shape index (κ1) is 17.3. The summed E-state index contributed by atoms with van der Waals surface area (Å²) in [5.74, 6) is 0.936. The van der Waals surface area contributed by atoms with Crippen molar-refractivity contribution >= 4 is 11.6 Å². The van der Waals surface area contributed by atoms with Crippen LogP contribution in [-0.4, -0.2) is 29.0 Å². The molecule has 0 aromatic heterocycles. The van der Waals surface area contributed by atoms with Gasteiger partial charge in [-0.3, -0.25) is 0 Å². The molecule has 0 saturated carbocycles. The lowest BCUT2D eigenvalue weighted by Gasteiger charge is -2.23. The lowest BCUT2D eigenvalue weighted by molar-refractivity contribution is 0.0213. The molecule has 3 atom stereocenters. The summed E-state index contributed by atoms with van der Waals surface area (Å²) in [5, 5.41) is 20.0. The van der Waals surface area contributed by atoms with Crippen LogP contribution in [0.3, 0.4) is 0 Å². The molecule has 0 aliphatic carbocycles. The summed E-state index contributed by atoms with van der Waals surface area (Å²) in [4.78, 5) is 0. The van der Waals surface area contributed by atoms with Crippen molar-refractivity contribution in [1.29, 1.82) is 0 Å². The molecule has 0 aliphatic rings. The molecule has 0 saturated heterocycles. The van der Waals surface area contributed by atoms with Crippen molar-refractivity contribution in [3.8, 4) is 5.75 Å². The van der Waals surface area contributed by atoms with Gasteiger partial charge in [-0.15, -0.1) is 0 Å². The molecule has 3 unspecified atom stereocenters. The second-order valence-corrected chi connectivity index (χ2v) is 5.62. The standard InChI is InChI=1S/C16H25ClO3/c1-4-8-20-16-7-6-13(17)10-14(16)12(5-2)9-15(19)11(3)18/h6-7,10-12,15,18-19H,4-5,8-9H2,1-3H3. The molecule has 0 bridgehead atoms. The number of benzene rings is 1. The van der Waals surface area contributed by atoms with Gasteiger partial charge < -0.3 is 14.9 Å². The molecule has 0 amide bonds. The average Bonchev–Trinajstić information content (AvgIpc) is 2.43. The molecule has 0 fully saturated rings. The first-order valence-electron chi connectivity index (χ1n) is 7.27. The van der Waals surface area contributed by atoms with Gasteiger partial charge in [0.15, 0.2) is 0 Å². The van der Waals surface area contributed by atoms with Crippen LogP contribution >= 0.6 is 11.6 Å². The van der Waals surface area contributed by atoms with Gasteiger partial charge >= 0.3 is 0 Å². The minimum atomic E-state index is -0.738. The molecule has 20 heavy (non-hydrogen) atoms. The molecule has 4 heteroatoms. The van der Waals surface area contributed by atoms with E-state index in [2.05, 4.69) is 13.8 Å². The highest BCUT2D eigenvalue weighted by molar-refractivity contribution is 6.30. The molecule has 0 aliphatic heterocycles. The zero-order valence-electron chi connectivity index (χ0n) is 12.5. The Hall–Kier alpha value is -0.770. The van der Waals surface area contributed by atoms with Crippen LogP contribution in [0.2, 0.25) is 5.02 Å². The minimum absolute atomic E-state index is 0.116. The Morgan fingerprint density at radius 3 is 2.50 bits per heavy atom. The van der Waals surface area contributed by atoms with Crippen molar-refractivity contribution in [2.24, 2.45) is 0 Å². The average molecular weight is 301 g/mol. The number of hydrogen-bond acceptors (Lipinski definition) is 3. The molecular weight excluding hydrogens is 276 g/mol. The van der Waals surface area contributed by atoms with Gasteiger partial charge in [-0.1, -0.05) is 25.4 Å². The molecule has 1 aromatic carbocycles. The van der Waals surface area contributed by atoms with Gasteiger partial charge in [-0.2, -0.15) is 0 Å². The van der Waals surface area contributed by atoms with Crippen molar-refractivity contribution < 1.29 is 14.9 Å². The first-order chi connectivity index (χ1) is 9.49. The van der Waals surface area contributed by atoms with E-state index in [0.717, 1.165) is 24.2 Å². The number of hydrogen-bond donors (Lipinski definition) is 2. The van der Waals surface area contributed by atoms with Crippen molar-refractivity contribution in [1.82, 2.24) is 0 Å². The van der Waals surface area contributed by atoms with Crippen molar-refractivity contribution in [3.05, 3.63) is 28.8 Å². The third-order valence-corrected chi connectivity index (χ3v) is 3.68. The lowest BCUT2D eigenvalue weighted by atomic mass is 9.89. The topological polar surface area (TPSA) is 49.7 Å². The highest BCUT2D eigenvalue weighted by Crippen LogP contribution is 2.35. The fourth-order valence-corrected chi connectivity index (χ4v) is 2.36. The molecule has 0 radical (unpaired) electrons. The van der Waals surface area contributed by atoms with E-state index in [9.17, 15) is 10.2 Å². The normalized spacial score (nSPS) is 15.7. The molecule has 3 nitrogen and oxygen atoms in total. The van der Waals surface area contributed by atoms with Crippen LogP contribution in [0.1, 0.15) is 51.5 Å². The van der Waals surface area contributed by atoms with Gasteiger partial charge in [0, 0.05) is 5.02 Å². The second kappa shape index (κ2) is 8.50. The van der Waals surface area contributed by atoms with E-state index in [-0.39, 0.29) is 5.92 Å². The van der Waals surface area contributed by atoms with E-state index in [4.69, 9.17) is 16.3 Å². The number of halogens is 1. The smallest absolute Gasteiger partial charge is 0.122 e. The monoisotopic (exact) mass is 300 g/mol. The Morgan fingerprint density at radius 1 is 1.25 bits per heavy atom. The SMILES string of the molecule is CCCOc1ccc(Cl)cc1C(CC)CC(O)C(C)O. The van der Waals surface area contributed by atoms with E-state index < -0.39 is 12.2 Å². The third kappa shape index (κ3) is 4.97. The Morgan fingerprint density at radius 2 is 1.95 bits per heavy atom. The fourth-order valence-electron chi connectivity index (χ4n) is 2.18. The Balaban J connectivity index is 2.96. The predicted molar refractivity (Wildman–Crippen MR) is 82.6 cm³/mol. The number of ether oxygens (including phenoxy) is 1. The highest BCUT2D eigenvalue weighted by Gasteiger charge is 2.21. The summed E-state index contributed by atoms with van der Waals surface area (Å²) in [7, 11) is 0. The summed E-state index contributed by atoms with van der Waals surface area (Å²) in [5.41, 5.74) is 1.01.